The highest BCUT2D eigenvalue weighted by atomic mass is 32.2. The molecule has 0 saturated carbocycles. The third-order valence-corrected chi connectivity index (χ3v) is 8.29. The number of anilines is 1. The van der Waals surface area contributed by atoms with E-state index in [9.17, 15) is 18.0 Å². The van der Waals surface area contributed by atoms with Gasteiger partial charge in [-0.05, 0) is 50.3 Å². The molecule has 0 saturated heterocycles. The number of benzene rings is 1. The molecule has 0 fully saturated rings. The van der Waals surface area contributed by atoms with Gasteiger partial charge in [-0.15, -0.1) is 16.4 Å². The predicted molar refractivity (Wildman–Crippen MR) is 135 cm³/mol. The lowest BCUT2D eigenvalue weighted by molar-refractivity contribution is -0.113. The molecule has 13 heteroatoms. The lowest BCUT2D eigenvalue weighted by atomic mass is 10.1. The minimum Gasteiger partial charge on any atom is -0.497 e. The van der Waals surface area contributed by atoms with Crippen LogP contribution in [0, 0.1) is 0 Å². The van der Waals surface area contributed by atoms with Crippen LogP contribution in [0.3, 0.4) is 0 Å². The number of carbonyl (C=O) groups is 2. The SMILES string of the molecule is CCOC(=O)c1c(NC(=O)CS(=O)(=O)c2nnc(-c3cc(OC)cc(OC)c3)o2)sc2c1CCCCC2. The predicted octanol–water partition coefficient (Wildman–Crippen LogP) is 3.67. The Labute approximate surface area is 218 Å². The molecule has 0 atom stereocenters. The number of hydrogen-bond acceptors (Lipinski definition) is 11. The Kier molecular flexibility index (Phi) is 8.13. The number of amides is 1. The van der Waals surface area contributed by atoms with Gasteiger partial charge in [-0.2, -0.15) is 0 Å². The number of hydrogen-bond donors (Lipinski definition) is 1. The minimum absolute atomic E-state index is 0.0808. The summed E-state index contributed by atoms with van der Waals surface area (Å²) in [5, 5.41) is 9.63. The molecule has 3 aromatic rings. The lowest BCUT2D eigenvalue weighted by Crippen LogP contribution is -2.24. The van der Waals surface area contributed by atoms with Gasteiger partial charge in [-0.1, -0.05) is 11.5 Å². The molecule has 11 nitrogen and oxygen atoms in total. The van der Waals surface area contributed by atoms with Crippen molar-refractivity contribution in [1.29, 1.82) is 0 Å². The van der Waals surface area contributed by atoms with Crippen LogP contribution < -0.4 is 14.8 Å². The molecule has 198 valence electrons. The van der Waals surface area contributed by atoms with Gasteiger partial charge in [0.25, 0.3) is 0 Å². The van der Waals surface area contributed by atoms with E-state index in [1.807, 2.05) is 0 Å². The smallest absolute Gasteiger partial charge is 0.341 e. The van der Waals surface area contributed by atoms with Crippen molar-refractivity contribution < 1.29 is 36.6 Å². The summed E-state index contributed by atoms with van der Waals surface area (Å²) in [5.74, 6) is -1.49. The van der Waals surface area contributed by atoms with Gasteiger partial charge in [0.05, 0.1) is 26.4 Å². The second-order valence-electron chi connectivity index (χ2n) is 8.27. The molecule has 1 aliphatic rings. The third-order valence-electron chi connectivity index (χ3n) is 5.75. The maximum atomic E-state index is 12.9. The summed E-state index contributed by atoms with van der Waals surface area (Å²) < 4.78 is 46.8. The normalized spacial score (nSPS) is 13.4. The molecule has 0 spiro atoms. The molecule has 0 aliphatic heterocycles. The van der Waals surface area contributed by atoms with Gasteiger partial charge in [0, 0.05) is 16.5 Å². The van der Waals surface area contributed by atoms with Crippen molar-refractivity contribution in [2.45, 2.75) is 44.3 Å². The molecule has 1 amide bonds. The Morgan fingerprint density at radius 2 is 1.76 bits per heavy atom. The number of sulfone groups is 1. The summed E-state index contributed by atoms with van der Waals surface area (Å²) in [7, 11) is -1.33. The number of nitrogens with zero attached hydrogens (tertiary/aromatic N) is 2. The first-order valence-electron chi connectivity index (χ1n) is 11.7. The van der Waals surface area contributed by atoms with E-state index < -0.39 is 32.7 Å². The standard InChI is InChI=1S/C24H27N3O8S2/c1-4-34-23(29)20-17-8-6-5-7-9-18(17)36-22(20)25-19(28)13-37(30,31)24-27-26-21(35-24)14-10-15(32-2)12-16(11-14)33-3/h10-12H,4-9,13H2,1-3H3,(H,25,28). The van der Waals surface area contributed by atoms with Crippen molar-refractivity contribution in [2.24, 2.45) is 0 Å². The molecule has 1 aromatic carbocycles. The van der Waals surface area contributed by atoms with Crippen molar-refractivity contribution in [2.75, 3.05) is 31.9 Å². The number of fused-ring (bicyclic) bond motifs is 1. The van der Waals surface area contributed by atoms with E-state index in [-0.39, 0.29) is 12.5 Å². The third kappa shape index (κ3) is 5.93. The summed E-state index contributed by atoms with van der Waals surface area (Å²) >= 11 is 1.29. The van der Waals surface area contributed by atoms with Crippen molar-refractivity contribution in [3.63, 3.8) is 0 Å². The summed E-state index contributed by atoms with van der Waals surface area (Å²) in [6.07, 6.45) is 4.46. The minimum atomic E-state index is -4.28. The van der Waals surface area contributed by atoms with E-state index in [1.54, 1.807) is 25.1 Å². The summed E-state index contributed by atoms with van der Waals surface area (Å²) in [4.78, 5) is 26.5. The highest BCUT2D eigenvalue weighted by Gasteiger charge is 2.30. The monoisotopic (exact) mass is 549 g/mol. The fraction of sp³-hybridized carbons (Fsp3) is 0.417. The zero-order chi connectivity index (χ0) is 26.6. The van der Waals surface area contributed by atoms with Gasteiger partial charge in [0.2, 0.25) is 21.6 Å². The average Bonchev–Trinajstić information content (AvgIpc) is 3.43. The molecular weight excluding hydrogens is 522 g/mol. The topological polar surface area (TPSA) is 147 Å². The Morgan fingerprint density at radius 1 is 1.05 bits per heavy atom. The van der Waals surface area contributed by atoms with Gasteiger partial charge in [-0.3, -0.25) is 4.79 Å². The van der Waals surface area contributed by atoms with E-state index in [0.717, 1.165) is 36.1 Å². The molecule has 37 heavy (non-hydrogen) atoms. The molecule has 1 N–H and O–H groups in total. The van der Waals surface area contributed by atoms with E-state index in [1.165, 1.54) is 25.6 Å². The summed E-state index contributed by atoms with van der Waals surface area (Å²) in [6, 6.07) is 4.80. The number of aryl methyl sites for hydroxylation is 1. The lowest BCUT2D eigenvalue weighted by Gasteiger charge is -2.08. The molecule has 1 aliphatic carbocycles. The summed E-state index contributed by atoms with van der Waals surface area (Å²) in [5.41, 5.74) is 1.56. The van der Waals surface area contributed by atoms with Crippen LogP contribution in [0.15, 0.2) is 27.8 Å². The van der Waals surface area contributed by atoms with Crippen LogP contribution in [-0.2, 0) is 32.2 Å². The van der Waals surface area contributed by atoms with Crippen LogP contribution in [0.4, 0.5) is 5.00 Å². The number of aromatic nitrogens is 2. The van der Waals surface area contributed by atoms with Crippen molar-refractivity contribution in [1.82, 2.24) is 10.2 Å². The highest BCUT2D eigenvalue weighted by molar-refractivity contribution is 7.91. The van der Waals surface area contributed by atoms with Crippen LogP contribution >= 0.6 is 11.3 Å². The van der Waals surface area contributed by atoms with Crippen molar-refractivity contribution in [3.05, 3.63) is 34.2 Å². The van der Waals surface area contributed by atoms with Crippen LogP contribution in [0.2, 0.25) is 0 Å². The van der Waals surface area contributed by atoms with Crippen molar-refractivity contribution in [3.8, 4) is 23.0 Å². The van der Waals surface area contributed by atoms with Gasteiger partial charge in [-0.25, -0.2) is 13.2 Å². The number of esters is 1. The molecule has 4 rings (SSSR count). The first-order valence-corrected chi connectivity index (χ1v) is 14.1. The van der Waals surface area contributed by atoms with Crippen LogP contribution in [0.25, 0.3) is 11.5 Å². The Hall–Kier alpha value is -3.45. The zero-order valence-electron chi connectivity index (χ0n) is 20.7. The molecular formula is C24H27N3O8S2. The quantitative estimate of drug-likeness (QED) is 0.310. The molecule has 0 unspecified atom stereocenters. The van der Waals surface area contributed by atoms with Gasteiger partial charge >= 0.3 is 11.2 Å². The van der Waals surface area contributed by atoms with Crippen LogP contribution in [0.1, 0.15) is 47.0 Å². The number of carbonyl (C=O) groups excluding carboxylic acids is 2. The molecule has 2 aromatic heterocycles. The molecule has 0 radical (unpaired) electrons. The van der Waals surface area contributed by atoms with Gasteiger partial charge < -0.3 is 23.9 Å². The maximum Gasteiger partial charge on any atom is 0.341 e. The van der Waals surface area contributed by atoms with Crippen LogP contribution in [0.5, 0.6) is 11.5 Å². The Balaban J connectivity index is 1.55. The maximum absolute atomic E-state index is 12.9. The fourth-order valence-electron chi connectivity index (χ4n) is 4.03. The number of ether oxygens (including phenoxy) is 3. The second kappa shape index (κ2) is 11.3. The number of nitrogens with one attached hydrogen (secondary N) is 1. The molecule has 0 bridgehead atoms. The second-order valence-corrected chi connectivity index (χ2v) is 11.2. The van der Waals surface area contributed by atoms with E-state index >= 15 is 0 Å². The molecule has 2 heterocycles. The van der Waals surface area contributed by atoms with Gasteiger partial charge in [0.1, 0.15) is 22.3 Å². The number of methoxy groups -OCH3 is 2. The highest BCUT2D eigenvalue weighted by Crippen LogP contribution is 2.38. The Morgan fingerprint density at radius 3 is 2.43 bits per heavy atom. The van der Waals surface area contributed by atoms with Gasteiger partial charge in [0.15, 0.2) is 0 Å². The number of thiophene rings is 1. The van der Waals surface area contributed by atoms with Crippen LogP contribution in [-0.4, -0.2) is 57.1 Å². The van der Waals surface area contributed by atoms with E-state index in [4.69, 9.17) is 18.6 Å². The Bertz CT molecular complexity index is 1390. The first kappa shape index (κ1) is 26.6. The fourth-order valence-corrected chi connectivity index (χ4v) is 6.24. The summed E-state index contributed by atoms with van der Waals surface area (Å²) in [6.45, 7) is 1.89. The van der Waals surface area contributed by atoms with E-state index in [0.29, 0.717) is 34.0 Å². The largest absolute Gasteiger partial charge is 0.497 e. The zero-order valence-corrected chi connectivity index (χ0v) is 22.3. The van der Waals surface area contributed by atoms with Crippen molar-refractivity contribution >= 4 is 38.1 Å². The number of rotatable bonds is 9. The first-order chi connectivity index (χ1) is 17.7. The average molecular weight is 550 g/mol. The van der Waals surface area contributed by atoms with E-state index in [2.05, 4.69) is 15.5 Å².